The van der Waals surface area contributed by atoms with Crippen molar-refractivity contribution in [2.75, 3.05) is 18.4 Å². The molecule has 7 nitrogen and oxygen atoms in total. The van der Waals surface area contributed by atoms with Crippen molar-refractivity contribution in [3.05, 3.63) is 45.7 Å². The fourth-order valence-electron chi connectivity index (χ4n) is 2.99. The summed E-state index contributed by atoms with van der Waals surface area (Å²) in [5.74, 6) is -0.385. The van der Waals surface area contributed by atoms with Crippen molar-refractivity contribution < 1.29 is 13.2 Å². The van der Waals surface area contributed by atoms with Gasteiger partial charge < -0.3 is 5.32 Å². The Balaban J connectivity index is 2.34. The standard InChI is InChI=1S/C20H27ClN4O3S/c1-7-25(8-2)29(27,28)16-11-13(3)14(4)18(12-16)22-19(26)10-9-17-15(5)23-24(6)20(17)21/h9-12H,7-8H2,1-6H3,(H,22,26)/b10-9+. The minimum absolute atomic E-state index is 0.162. The number of carbonyl (C=O) groups excluding carboxylic acids is 1. The molecule has 0 saturated heterocycles. The van der Waals surface area contributed by atoms with E-state index >= 15 is 0 Å². The van der Waals surface area contributed by atoms with Gasteiger partial charge in [-0.2, -0.15) is 9.40 Å². The Morgan fingerprint density at radius 2 is 1.86 bits per heavy atom. The van der Waals surface area contributed by atoms with Gasteiger partial charge in [0.15, 0.2) is 0 Å². The molecule has 9 heteroatoms. The van der Waals surface area contributed by atoms with E-state index in [2.05, 4.69) is 10.4 Å². The molecular weight excluding hydrogens is 412 g/mol. The first-order valence-corrected chi connectivity index (χ1v) is 11.1. The van der Waals surface area contributed by atoms with Crippen LogP contribution >= 0.6 is 11.6 Å². The fourth-order valence-corrected chi connectivity index (χ4v) is 4.79. The lowest BCUT2D eigenvalue weighted by molar-refractivity contribution is -0.111. The fraction of sp³-hybridized carbons (Fsp3) is 0.400. The van der Waals surface area contributed by atoms with E-state index in [9.17, 15) is 13.2 Å². The number of rotatable bonds is 7. The molecule has 1 heterocycles. The van der Waals surface area contributed by atoms with Crippen molar-refractivity contribution in [1.29, 1.82) is 0 Å². The molecule has 158 valence electrons. The molecule has 0 aliphatic carbocycles. The molecule has 0 aliphatic heterocycles. The smallest absolute Gasteiger partial charge is 0.248 e. The van der Waals surface area contributed by atoms with Crippen LogP contribution < -0.4 is 5.32 Å². The lowest BCUT2D eigenvalue weighted by atomic mass is 10.1. The van der Waals surface area contributed by atoms with Crippen molar-refractivity contribution >= 4 is 39.3 Å². The topological polar surface area (TPSA) is 84.3 Å². The van der Waals surface area contributed by atoms with Gasteiger partial charge in [-0.05, 0) is 50.1 Å². The molecule has 1 amide bonds. The summed E-state index contributed by atoms with van der Waals surface area (Å²) in [5, 5.41) is 7.41. The number of benzene rings is 1. The van der Waals surface area contributed by atoms with Crippen molar-refractivity contribution in [2.45, 2.75) is 39.5 Å². The molecule has 2 rings (SSSR count). The monoisotopic (exact) mass is 438 g/mol. The summed E-state index contributed by atoms with van der Waals surface area (Å²) in [6.07, 6.45) is 2.95. The van der Waals surface area contributed by atoms with Crippen LogP contribution in [0.1, 0.15) is 36.2 Å². The van der Waals surface area contributed by atoms with Gasteiger partial charge in [-0.3, -0.25) is 9.48 Å². The second kappa shape index (κ2) is 9.11. The second-order valence-corrected chi connectivity index (χ2v) is 9.03. The van der Waals surface area contributed by atoms with Gasteiger partial charge in [0.1, 0.15) is 5.15 Å². The summed E-state index contributed by atoms with van der Waals surface area (Å²) in [5.41, 5.74) is 3.42. The van der Waals surface area contributed by atoms with E-state index in [-0.39, 0.29) is 10.8 Å². The van der Waals surface area contributed by atoms with E-state index in [1.165, 1.54) is 21.1 Å². The van der Waals surface area contributed by atoms with Crippen LogP contribution in [-0.2, 0) is 21.9 Å². The molecule has 29 heavy (non-hydrogen) atoms. The minimum Gasteiger partial charge on any atom is -0.322 e. The number of carbonyl (C=O) groups is 1. The molecule has 1 aromatic carbocycles. The van der Waals surface area contributed by atoms with E-state index in [0.717, 1.165) is 11.1 Å². The van der Waals surface area contributed by atoms with Crippen LogP contribution in [-0.4, -0.2) is 41.5 Å². The lowest BCUT2D eigenvalue weighted by Crippen LogP contribution is -2.30. The summed E-state index contributed by atoms with van der Waals surface area (Å²) in [4.78, 5) is 12.6. The average Bonchev–Trinajstić information content (AvgIpc) is 2.89. The molecular formula is C20H27ClN4O3S. The second-order valence-electron chi connectivity index (χ2n) is 6.74. The van der Waals surface area contributed by atoms with Crippen LogP contribution in [0.2, 0.25) is 5.15 Å². The Morgan fingerprint density at radius 3 is 2.38 bits per heavy atom. The van der Waals surface area contributed by atoms with Crippen LogP contribution in [0.3, 0.4) is 0 Å². The van der Waals surface area contributed by atoms with Crippen LogP contribution in [0.15, 0.2) is 23.1 Å². The van der Waals surface area contributed by atoms with Crippen LogP contribution in [0, 0.1) is 20.8 Å². The van der Waals surface area contributed by atoms with Gasteiger partial charge in [0, 0.05) is 37.5 Å². The summed E-state index contributed by atoms with van der Waals surface area (Å²) >= 11 is 6.18. The number of sulfonamides is 1. The molecule has 0 unspecified atom stereocenters. The maximum absolute atomic E-state index is 12.9. The van der Waals surface area contributed by atoms with E-state index in [0.29, 0.717) is 35.2 Å². The number of hydrogen-bond acceptors (Lipinski definition) is 4. The third-order valence-electron chi connectivity index (χ3n) is 4.84. The Bertz CT molecular complexity index is 1050. The summed E-state index contributed by atoms with van der Waals surface area (Å²) < 4.78 is 28.6. The van der Waals surface area contributed by atoms with E-state index in [4.69, 9.17) is 11.6 Å². The number of nitrogens with one attached hydrogen (secondary N) is 1. The van der Waals surface area contributed by atoms with Crippen molar-refractivity contribution in [1.82, 2.24) is 14.1 Å². The first-order valence-electron chi connectivity index (χ1n) is 9.32. The van der Waals surface area contributed by atoms with Gasteiger partial charge >= 0.3 is 0 Å². The molecule has 1 aromatic heterocycles. The van der Waals surface area contributed by atoms with Gasteiger partial charge in [-0.1, -0.05) is 25.4 Å². The number of amides is 1. The maximum atomic E-state index is 12.9. The maximum Gasteiger partial charge on any atom is 0.248 e. The molecule has 2 aromatic rings. The SMILES string of the molecule is CCN(CC)S(=O)(=O)c1cc(C)c(C)c(NC(=O)/C=C/c2c(C)nn(C)c2Cl)c1. The Labute approximate surface area is 177 Å². The average molecular weight is 439 g/mol. The van der Waals surface area contributed by atoms with Crippen molar-refractivity contribution in [2.24, 2.45) is 7.05 Å². The predicted octanol–water partition coefficient (Wildman–Crippen LogP) is 3.68. The van der Waals surface area contributed by atoms with Crippen molar-refractivity contribution in [3.63, 3.8) is 0 Å². The van der Waals surface area contributed by atoms with Gasteiger partial charge in [0.2, 0.25) is 15.9 Å². The van der Waals surface area contributed by atoms with Crippen LogP contribution in [0.25, 0.3) is 6.08 Å². The third kappa shape index (κ3) is 4.88. The number of aryl methyl sites for hydroxylation is 3. The molecule has 1 N–H and O–H groups in total. The zero-order valence-corrected chi connectivity index (χ0v) is 19.1. The molecule has 0 spiro atoms. The largest absolute Gasteiger partial charge is 0.322 e. The van der Waals surface area contributed by atoms with Gasteiger partial charge in [-0.15, -0.1) is 0 Å². The minimum atomic E-state index is -3.63. The Kier molecular flexibility index (Phi) is 7.26. The van der Waals surface area contributed by atoms with E-state index < -0.39 is 10.0 Å². The highest BCUT2D eigenvalue weighted by Crippen LogP contribution is 2.26. The van der Waals surface area contributed by atoms with Crippen LogP contribution in [0.5, 0.6) is 0 Å². The van der Waals surface area contributed by atoms with Gasteiger partial charge in [0.05, 0.1) is 10.6 Å². The molecule has 0 radical (unpaired) electrons. The molecule has 0 atom stereocenters. The van der Waals surface area contributed by atoms with Crippen molar-refractivity contribution in [3.8, 4) is 0 Å². The summed E-state index contributed by atoms with van der Waals surface area (Å²) in [6.45, 7) is 9.80. The highest BCUT2D eigenvalue weighted by molar-refractivity contribution is 7.89. The molecule has 0 bridgehead atoms. The molecule has 0 saturated carbocycles. The quantitative estimate of drug-likeness (QED) is 0.668. The Morgan fingerprint density at radius 1 is 1.24 bits per heavy atom. The number of hydrogen-bond donors (Lipinski definition) is 1. The first kappa shape index (κ1) is 23.1. The normalized spacial score (nSPS) is 12.1. The lowest BCUT2D eigenvalue weighted by Gasteiger charge is -2.20. The zero-order chi connectivity index (χ0) is 21.9. The van der Waals surface area contributed by atoms with Gasteiger partial charge in [-0.25, -0.2) is 8.42 Å². The Hall–Kier alpha value is -2.16. The zero-order valence-electron chi connectivity index (χ0n) is 17.6. The third-order valence-corrected chi connectivity index (χ3v) is 7.32. The van der Waals surface area contributed by atoms with E-state index in [1.807, 2.05) is 13.8 Å². The van der Waals surface area contributed by atoms with Gasteiger partial charge in [0.25, 0.3) is 0 Å². The molecule has 0 aliphatic rings. The van der Waals surface area contributed by atoms with E-state index in [1.54, 1.807) is 40.0 Å². The number of aromatic nitrogens is 2. The summed E-state index contributed by atoms with van der Waals surface area (Å²) in [6, 6.07) is 3.14. The first-order chi connectivity index (χ1) is 13.5. The highest BCUT2D eigenvalue weighted by atomic mass is 35.5. The molecule has 0 fully saturated rings. The van der Waals surface area contributed by atoms with Crippen LogP contribution in [0.4, 0.5) is 5.69 Å². The number of halogens is 1. The summed E-state index contributed by atoms with van der Waals surface area (Å²) in [7, 11) is -1.90. The predicted molar refractivity (Wildman–Crippen MR) is 117 cm³/mol. The number of nitrogens with zero attached hydrogens (tertiary/aromatic N) is 3. The highest BCUT2D eigenvalue weighted by Gasteiger charge is 2.23. The number of anilines is 1.